The summed E-state index contributed by atoms with van der Waals surface area (Å²) < 4.78 is 0. The normalized spacial score (nSPS) is 10.6. The number of hydrogen-bond acceptors (Lipinski definition) is 8. The third kappa shape index (κ3) is 6.01. The third-order valence-electron chi connectivity index (χ3n) is 6.82. The van der Waals surface area contributed by atoms with E-state index in [0.29, 0.717) is 39.0 Å². The fraction of sp³-hybridized carbons (Fsp3) is 0.0909. The Labute approximate surface area is 251 Å². The minimum Gasteiger partial charge on any atom is -0.478 e. The molecule has 3 aromatic carbocycles. The first kappa shape index (κ1) is 28.8. The maximum absolute atomic E-state index is 12.8. The van der Waals surface area contributed by atoms with Crippen molar-refractivity contribution in [2.75, 3.05) is 16.8 Å². The second kappa shape index (κ2) is 12.4. The van der Waals surface area contributed by atoms with Crippen LogP contribution in [0.2, 0.25) is 0 Å². The van der Waals surface area contributed by atoms with Gasteiger partial charge in [-0.05, 0) is 41.8 Å². The van der Waals surface area contributed by atoms with E-state index in [0.717, 1.165) is 23.7 Å². The highest BCUT2D eigenvalue weighted by Crippen LogP contribution is 2.36. The minimum atomic E-state index is -1.04. The zero-order chi connectivity index (χ0) is 30.5. The number of nitrogens with one attached hydrogen (secondary N) is 1. The Kier molecular flexibility index (Phi) is 8.33. The SMILES string of the molecule is CCc1ccc(-c2c(C#N)c(N)nc(SCC(=O)Nc3ccc(-c4cc(C(=O)O)c5ccccc5n4)cc3)c2C#N)cc1. The number of aromatic nitrogens is 2. The molecule has 0 unspecified atom stereocenters. The number of pyridine rings is 2. The van der Waals surface area contributed by atoms with E-state index in [-0.39, 0.29) is 39.2 Å². The van der Waals surface area contributed by atoms with Crippen LogP contribution in [0.25, 0.3) is 33.3 Å². The molecule has 0 atom stereocenters. The van der Waals surface area contributed by atoms with Crippen LogP contribution in [-0.4, -0.2) is 32.7 Å². The Hall–Kier alpha value is -5.71. The molecule has 0 aliphatic heterocycles. The van der Waals surface area contributed by atoms with Crippen LogP contribution in [0, 0.1) is 22.7 Å². The number of amides is 1. The number of nitriles is 2. The molecular formula is C33H24N6O3S. The lowest BCUT2D eigenvalue weighted by Gasteiger charge is -2.13. The number of aryl methyl sites for hydroxylation is 1. The zero-order valence-electron chi connectivity index (χ0n) is 23.0. The third-order valence-corrected chi connectivity index (χ3v) is 7.79. The molecule has 0 saturated carbocycles. The van der Waals surface area contributed by atoms with Gasteiger partial charge in [0.25, 0.3) is 0 Å². The van der Waals surface area contributed by atoms with E-state index < -0.39 is 5.97 Å². The van der Waals surface area contributed by atoms with E-state index in [4.69, 9.17) is 5.73 Å². The molecule has 0 aliphatic rings. The Balaban J connectivity index is 1.34. The number of hydrogen-bond donors (Lipinski definition) is 3. The van der Waals surface area contributed by atoms with Gasteiger partial charge in [0.2, 0.25) is 5.91 Å². The van der Waals surface area contributed by atoms with Gasteiger partial charge in [-0.25, -0.2) is 14.8 Å². The van der Waals surface area contributed by atoms with Gasteiger partial charge in [-0.2, -0.15) is 10.5 Å². The quantitative estimate of drug-likeness (QED) is 0.178. The molecule has 9 nitrogen and oxygen atoms in total. The van der Waals surface area contributed by atoms with Gasteiger partial charge in [0.1, 0.15) is 28.5 Å². The lowest BCUT2D eigenvalue weighted by molar-refractivity contribution is -0.113. The summed E-state index contributed by atoms with van der Waals surface area (Å²) in [4.78, 5) is 33.5. The second-order valence-corrected chi connectivity index (χ2v) is 10.5. The lowest BCUT2D eigenvalue weighted by atomic mass is 9.96. The van der Waals surface area contributed by atoms with E-state index >= 15 is 0 Å². The molecule has 0 saturated heterocycles. The number of benzene rings is 3. The Morgan fingerprint density at radius 2 is 1.60 bits per heavy atom. The molecule has 0 bridgehead atoms. The molecule has 5 aromatic rings. The molecule has 43 heavy (non-hydrogen) atoms. The molecular weight excluding hydrogens is 560 g/mol. The number of carbonyl (C=O) groups excluding carboxylic acids is 1. The Bertz CT molecular complexity index is 1960. The monoisotopic (exact) mass is 584 g/mol. The largest absolute Gasteiger partial charge is 0.478 e. The number of rotatable bonds is 8. The smallest absolute Gasteiger partial charge is 0.336 e. The average Bonchev–Trinajstić information content (AvgIpc) is 3.03. The van der Waals surface area contributed by atoms with E-state index in [2.05, 4.69) is 27.4 Å². The van der Waals surface area contributed by atoms with Crippen molar-refractivity contribution < 1.29 is 14.7 Å². The first-order valence-electron chi connectivity index (χ1n) is 13.2. The highest BCUT2D eigenvalue weighted by molar-refractivity contribution is 8.00. The van der Waals surface area contributed by atoms with Crippen molar-refractivity contribution in [1.29, 1.82) is 10.5 Å². The average molecular weight is 585 g/mol. The van der Waals surface area contributed by atoms with Gasteiger partial charge in [0.05, 0.1) is 28.1 Å². The highest BCUT2D eigenvalue weighted by Gasteiger charge is 2.21. The predicted octanol–water partition coefficient (Wildman–Crippen LogP) is 6.28. The molecule has 0 spiro atoms. The Morgan fingerprint density at radius 1 is 0.930 bits per heavy atom. The summed E-state index contributed by atoms with van der Waals surface area (Å²) in [7, 11) is 0. The fourth-order valence-electron chi connectivity index (χ4n) is 4.65. The van der Waals surface area contributed by atoms with Gasteiger partial charge >= 0.3 is 5.97 Å². The van der Waals surface area contributed by atoms with Crippen LogP contribution in [0.3, 0.4) is 0 Å². The van der Waals surface area contributed by atoms with Crippen LogP contribution in [0.1, 0.15) is 34.0 Å². The second-order valence-electron chi connectivity index (χ2n) is 9.49. The van der Waals surface area contributed by atoms with Gasteiger partial charge in [0.15, 0.2) is 0 Å². The van der Waals surface area contributed by atoms with Crippen LogP contribution >= 0.6 is 11.8 Å². The van der Waals surface area contributed by atoms with Crippen LogP contribution in [0.4, 0.5) is 11.5 Å². The molecule has 5 rings (SSSR count). The van der Waals surface area contributed by atoms with Crippen molar-refractivity contribution in [3.8, 4) is 34.5 Å². The maximum atomic E-state index is 12.8. The number of carbonyl (C=O) groups is 2. The molecule has 4 N–H and O–H groups in total. The maximum Gasteiger partial charge on any atom is 0.336 e. The number of carboxylic acids is 1. The molecule has 2 heterocycles. The van der Waals surface area contributed by atoms with E-state index in [1.165, 1.54) is 6.07 Å². The summed E-state index contributed by atoms with van der Waals surface area (Å²) in [6.45, 7) is 2.04. The molecule has 210 valence electrons. The zero-order valence-corrected chi connectivity index (χ0v) is 23.8. The van der Waals surface area contributed by atoms with Crippen molar-refractivity contribution in [1.82, 2.24) is 9.97 Å². The van der Waals surface area contributed by atoms with Crippen molar-refractivity contribution in [2.45, 2.75) is 18.4 Å². The number of thioether (sulfide) groups is 1. The van der Waals surface area contributed by atoms with Crippen LogP contribution in [0.15, 0.2) is 83.9 Å². The van der Waals surface area contributed by atoms with Gasteiger partial charge in [-0.15, -0.1) is 0 Å². The number of anilines is 2. The van der Waals surface area contributed by atoms with Crippen molar-refractivity contribution in [2.24, 2.45) is 0 Å². The number of nitrogen functional groups attached to an aromatic ring is 1. The van der Waals surface area contributed by atoms with E-state index in [1.54, 1.807) is 48.5 Å². The van der Waals surface area contributed by atoms with E-state index in [1.807, 2.05) is 31.2 Å². The summed E-state index contributed by atoms with van der Waals surface area (Å²) in [5.74, 6) is -1.45. The first-order chi connectivity index (χ1) is 20.8. The standard InChI is InChI=1S/C33H24N6O3S/c1-2-19-7-9-21(10-8-19)30-25(16-34)31(36)39-32(26(30)17-35)43-18-29(40)37-22-13-11-20(12-14-22)28-15-24(33(41)42)23-5-3-4-6-27(23)38-28/h3-15H,2,18H2,1H3,(H2,36,39)(H,37,40)(H,41,42). The van der Waals surface area contributed by atoms with E-state index in [9.17, 15) is 25.2 Å². The summed E-state index contributed by atoms with van der Waals surface area (Å²) in [6.07, 6.45) is 0.847. The lowest BCUT2D eigenvalue weighted by Crippen LogP contribution is -2.14. The molecule has 1 amide bonds. The minimum absolute atomic E-state index is 0.0112. The molecule has 10 heteroatoms. The summed E-state index contributed by atoms with van der Waals surface area (Å²) in [6, 6.07) is 27.2. The number of fused-ring (bicyclic) bond motifs is 1. The Morgan fingerprint density at radius 3 is 2.26 bits per heavy atom. The van der Waals surface area contributed by atoms with Gasteiger partial charge in [-0.1, -0.05) is 73.3 Å². The predicted molar refractivity (Wildman–Crippen MR) is 166 cm³/mol. The number of nitrogens with two attached hydrogens (primary N) is 1. The summed E-state index contributed by atoms with van der Waals surface area (Å²) in [5.41, 5.74) is 11.0. The highest BCUT2D eigenvalue weighted by atomic mass is 32.2. The van der Waals surface area contributed by atoms with Crippen molar-refractivity contribution in [3.63, 3.8) is 0 Å². The number of carboxylic acid groups (broad SMARTS) is 1. The van der Waals surface area contributed by atoms with Gasteiger partial charge < -0.3 is 16.2 Å². The molecule has 0 fully saturated rings. The van der Waals surface area contributed by atoms with Crippen LogP contribution in [-0.2, 0) is 11.2 Å². The molecule has 0 radical (unpaired) electrons. The number of para-hydroxylation sites is 1. The summed E-state index contributed by atoms with van der Waals surface area (Å²) >= 11 is 1.05. The van der Waals surface area contributed by atoms with Gasteiger partial charge in [-0.3, -0.25) is 4.79 Å². The van der Waals surface area contributed by atoms with Crippen LogP contribution < -0.4 is 11.1 Å². The number of aromatic carboxylic acids is 1. The van der Waals surface area contributed by atoms with Crippen molar-refractivity contribution in [3.05, 3.63) is 101 Å². The molecule has 2 aromatic heterocycles. The summed E-state index contributed by atoms with van der Waals surface area (Å²) in [5, 5.41) is 33.1. The van der Waals surface area contributed by atoms with Crippen molar-refractivity contribution >= 4 is 46.0 Å². The first-order valence-corrected chi connectivity index (χ1v) is 14.2. The van der Waals surface area contributed by atoms with Crippen LogP contribution in [0.5, 0.6) is 0 Å². The van der Waals surface area contributed by atoms with Gasteiger partial charge in [0, 0.05) is 22.2 Å². The topological polar surface area (TPSA) is 166 Å². The fourth-order valence-corrected chi connectivity index (χ4v) is 5.45. The molecule has 0 aliphatic carbocycles. The number of nitrogens with zero attached hydrogens (tertiary/aromatic N) is 4.